The highest BCUT2D eigenvalue weighted by Gasteiger charge is 2.28. The highest BCUT2D eigenvalue weighted by Crippen LogP contribution is 2.38. The molecular weight excluding hydrogens is 356 g/mol. The third-order valence-corrected chi connectivity index (χ3v) is 5.14. The molecule has 4 heteroatoms. The molecule has 0 bridgehead atoms. The average Bonchev–Trinajstić information content (AvgIpc) is 3.19. The molecule has 0 radical (unpaired) electrons. The van der Waals surface area contributed by atoms with Crippen molar-refractivity contribution >= 4 is 11.5 Å². The van der Waals surface area contributed by atoms with Crippen LogP contribution in [-0.2, 0) is 0 Å². The van der Waals surface area contributed by atoms with Crippen molar-refractivity contribution in [3.8, 4) is 17.3 Å². The first-order chi connectivity index (χ1) is 14.3. The number of nitrogens with one attached hydrogen (secondary N) is 1. The maximum Gasteiger partial charge on any atom is 0.148 e. The van der Waals surface area contributed by atoms with Crippen LogP contribution in [0.2, 0.25) is 0 Å². The largest absolute Gasteiger partial charge is 0.339 e. The topological polar surface area (TPSA) is 53.6 Å². The Morgan fingerprint density at radius 3 is 2.00 bits per heavy atom. The summed E-state index contributed by atoms with van der Waals surface area (Å²) in [6.07, 6.45) is 2.17. The minimum Gasteiger partial charge on any atom is -0.339 e. The van der Waals surface area contributed by atoms with Crippen LogP contribution in [0.4, 0.5) is 5.82 Å². The van der Waals surface area contributed by atoms with Crippen molar-refractivity contribution in [2.45, 2.75) is 6.04 Å². The van der Waals surface area contributed by atoms with Crippen molar-refractivity contribution in [2.75, 3.05) is 5.32 Å². The van der Waals surface area contributed by atoms with E-state index in [-0.39, 0.29) is 6.04 Å². The second kappa shape index (κ2) is 7.14. The maximum atomic E-state index is 9.98. The first-order valence-corrected chi connectivity index (χ1v) is 9.52. The molecule has 0 fully saturated rings. The van der Waals surface area contributed by atoms with E-state index in [4.69, 9.17) is 5.10 Å². The van der Waals surface area contributed by atoms with Gasteiger partial charge in [-0.1, -0.05) is 91.0 Å². The fourth-order valence-corrected chi connectivity index (χ4v) is 3.73. The summed E-state index contributed by atoms with van der Waals surface area (Å²) in [6, 6.07) is 32.5. The Hall–Kier alpha value is -4.10. The zero-order chi connectivity index (χ0) is 19.6. The van der Waals surface area contributed by atoms with Crippen LogP contribution in [0.25, 0.3) is 17.0 Å². The fraction of sp³-hybridized carbons (Fsp3) is 0.0400. The number of rotatable bonds is 3. The van der Waals surface area contributed by atoms with Crippen molar-refractivity contribution in [1.29, 1.82) is 5.26 Å². The van der Waals surface area contributed by atoms with Gasteiger partial charge in [0.1, 0.15) is 23.1 Å². The van der Waals surface area contributed by atoms with Crippen LogP contribution in [0.5, 0.6) is 0 Å². The van der Waals surface area contributed by atoms with Crippen molar-refractivity contribution in [2.24, 2.45) is 0 Å². The molecule has 5 rings (SSSR count). The minimum atomic E-state index is -0.104. The van der Waals surface area contributed by atoms with Gasteiger partial charge >= 0.3 is 0 Å². The lowest BCUT2D eigenvalue weighted by Gasteiger charge is -2.25. The van der Waals surface area contributed by atoms with Gasteiger partial charge in [-0.25, -0.2) is 4.68 Å². The van der Waals surface area contributed by atoms with E-state index >= 15 is 0 Å². The number of anilines is 1. The molecule has 0 aliphatic carbocycles. The molecule has 1 atom stereocenters. The summed E-state index contributed by atoms with van der Waals surface area (Å²) >= 11 is 0. The van der Waals surface area contributed by atoms with Crippen LogP contribution in [0, 0.1) is 11.3 Å². The molecule has 138 valence electrons. The van der Waals surface area contributed by atoms with Crippen LogP contribution >= 0.6 is 0 Å². The molecule has 0 saturated heterocycles. The lowest BCUT2D eigenvalue weighted by molar-refractivity contribution is 0.615. The highest BCUT2D eigenvalue weighted by molar-refractivity contribution is 5.84. The zero-order valence-corrected chi connectivity index (χ0v) is 15.7. The lowest BCUT2D eigenvalue weighted by atomic mass is 10.0. The molecule has 1 aliphatic rings. The summed E-state index contributed by atoms with van der Waals surface area (Å²) in [5, 5.41) is 18.3. The number of hydrogen-bond acceptors (Lipinski definition) is 3. The number of fused-ring (bicyclic) bond motifs is 1. The average molecular weight is 374 g/mol. The van der Waals surface area contributed by atoms with E-state index in [1.54, 1.807) is 0 Å². The van der Waals surface area contributed by atoms with Crippen molar-refractivity contribution in [3.63, 3.8) is 0 Å². The molecule has 4 nitrogen and oxygen atoms in total. The third-order valence-electron chi connectivity index (χ3n) is 5.14. The molecule has 0 spiro atoms. The van der Waals surface area contributed by atoms with E-state index in [0.29, 0.717) is 11.3 Å². The van der Waals surface area contributed by atoms with Gasteiger partial charge in [0.05, 0.1) is 6.04 Å². The molecule has 29 heavy (non-hydrogen) atoms. The highest BCUT2D eigenvalue weighted by atomic mass is 15.4. The van der Waals surface area contributed by atoms with Crippen molar-refractivity contribution in [1.82, 2.24) is 9.78 Å². The zero-order valence-electron chi connectivity index (χ0n) is 15.7. The Bertz CT molecular complexity index is 1220. The SMILES string of the molecule is N#Cc1c(-c2ccccc2)nn2c1NC(c1ccccc1)=CC2c1ccccc1. The standard InChI is InChI=1S/C25H18N4/c26-17-21-24(20-14-8-3-9-15-20)28-29-23(19-12-6-2-7-13-19)16-22(27-25(21)29)18-10-4-1-5-11-18/h1-16,23,27H. The molecule has 1 aromatic heterocycles. The smallest absolute Gasteiger partial charge is 0.148 e. The summed E-state index contributed by atoms with van der Waals surface area (Å²) in [5.74, 6) is 0.724. The van der Waals surface area contributed by atoms with Crippen LogP contribution < -0.4 is 5.32 Å². The Morgan fingerprint density at radius 1 is 0.793 bits per heavy atom. The molecule has 3 aromatic carbocycles. The quantitative estimate of drug-likeness (QED) is 0.517. The normalized spacial score (nSPS) is 15.0. The molecular formula is C25H18N4. The van der Waals surface area contributed by atoms with Gasteiger partial charge in [-0.05, 0) is 17.2 Å². The van der Waals surface area contributed by atoms with Gasteiger partial charge in [-0.2, -0.15) is 10.4 Å². The van der Waals surface area contributed by atoms with Gasteiger partial charge in [-0.3, -0.25) is 0 Å². The molecule has 0 amide bonds. The second-order valence-corrected chi connectivity index (χ2v) is 6.92. The number of hydrogen-bond donors (Lipinski definition) is 1. The number of benzene rings is 3. The Balaban J connectivity index is 1.72. The van der Waals surface area contributed by atoms with Gasteiger partial charge in [0.25, 0.3) is 0 Å². The summed E-state index contributed by atoms with van der Waals surface area (Å²) in [5.41, 5.74) is 5.35. The van der Waals surface area contributed by atoms with Crippen LogP contribution in [0.1, 0.15) is 22.7 Å². The summed E-state index contributed by atoms with van der Waals surface area (Å²) in [4.78, 5) is 0. The second-order valence-electron chi connectivity index (χ2n) is 6.92. The van der Waals surface area contributed by atoms with E-state index in [0.717, 1.165) is 28.2 Å². The molecule has 0 saturated carbocycles. The number of aromatic nitrogens is 2. The Kier molecular flexibility index (Phi) is 4.19. The number of nitrogens with zero attached hydrogens (tertiary/aromatic N) is 3. The van der Waals surface area contributed by atoms with Crippen LogP contribution in [0.15, 0.2) is 97.1 Å². The molecule has 4 aromatic rings. The van der Waals surface area contributed by atoms with Crippen LogP contribution in [-0.4, -0.2) is 9.78 Å². The fourth-order valence-electron chi connectivity index (χ4n) is 3.73. The van der Waals surface area contributed by atoms with E-state index in [2.05, 4.69) is 41.7 Å². The van der Waals surface area contributed by atoms with Gasteiger partial charge < -0.3 is 5.32 Å². The molecule has 1 N–H and O–H groups in total. The number of nitriles is 1. The van der Waals surface area contributed by atoms with Crippen LogP contribution in [0.3, 0.4) is 0 Å². The maximum absolute atomic E-state index is 9.98. The first kappa shape index (κ1) is 17.0. The van der Waals surface area contributed by atoms with Gasteiger partial charge in [0, 0.05) is 11.3 Å². The summed E-state index contributed by atoms with van der Waals surface area (Å²) in [7, 11) is 0. The van der Waals surface area contributed by atoms with E-state index in [9.17, 15) is 5.26 Å². The predicted molar refractivity (Wildman–Crippen MR) is 115 cm³/mol. The minimum absolute atomic E-state index is 0.104. The van der Waals surface area contributed by atoms with E-state index < -0.39 is 0 Å². The van der Waals surface area contributed by atoms with Crippen molar-refractivity contribution in [3.05, 3.63) is 114 Å². The molecule has 1 unspecified atom stereocenters. The summed E-state index contributed by atoms with van der Waals surface area (Å²) < 4.78 is 1.92. The lowest BCUT2D eigenvalue weighted by Crippen LogP contribution is -2.20. The van der Waals surface area contributed by atoms with E-state index in [1.165, 1.54) is 0 Å². The monoisotopic (exact) mass is 374 g/mol. The number of allylic oxidation sites excluding steroid dienone is 1. The Morgan fingerprint density at radius 2 is 1.38 bits per heavy atom. The van der Waals surface area contributed by atoms with Gasteiger partial charge in [-0.15, -0.1) is 0 Å². The summed E-state index contributed by atoms with van der Waals surface area (Å²) in [6.45, 7) is 0. The third kappa shape index (κ3) is 2.99. The predicted octanol–water partition coefficient (Wildman–Crippen LogP) is 5.48. The molecule has 1 aliphatic heterocycles. The van der Waals surface area contributed by atoms with Gasteiger partial charge in [0.2, 0.25) is 0 Å². The Labute approximate surface area is 169 Å². The van der Waals surface area contributed by atoms with Gasteiger partial charge in [0.15, 0.2) is 0 Å². The van der Waals surface area contributed by atoms with Crippen molar-refractivity contribution < 1.29 is 0 Å². The molecule has 2 heterocycles. The van der Waals surface area contributed by atoms with E-state index in [1.807, 2.05) is 71.4 Å². The first-order valence-electron chi connectivity index (χ1n) is 9.52.